The zero-order chi connectivity index (χ0) is 30.8. The predicted octanol–water partition coefficient (Wildman–Crippen LogP) is 4.73. The lowest BCUT2D eigenvalue weighted by Gasteiger charge is -2.42. The lowest BCUT2D eigenvalue weighted by atomic mass is 9.99. The van der Waals surface area contributed by atoms with Crippen molar-refractivity contribution >= 4 is 28.2 Å². The fourth-order valence-electron chi connectivity index (χ4n) is 7.50. The molecule has 3 atom stereocenters. The van der Waals surface area contributed by atoms with Crippen LogP contribution in [-0.2, 0) is 17.8 Å². The second-order valence-electron chi connectivity index (χ2n) is 12.6. The number of piperazine rings is 1. The van der Waals surface area contributed by atoms with E-state index in [1.807, 2.05) is 0 Å². The van der Waals surface area contributed by atoms with Gasteiger partial charge in [-0.2, -0.15) is 15.2 Å². The number of aromatic nitrogens is 2. The number of fused-ring (bicyclic) bond motifs is 2. The Bertz CT molecular complexity index is 1580. The molecule has 1 aromatic heterocycles. The van der Waals surface area contributed by atoms with Crippen LogP contribution in [0.2, 0.25) is 0 Å². The van der Waals surface area contributed by atoms with E-state index in [4.69, 9.17) is 14.7 Å². The summed E-state index contributed by atoms with van der Waals surface area (Å²) in [6.45, 7) is 9.62. The van der Waals surface area contributed by atoms with Gasteiger partial charge in [-0.05, 0) is 63.4 Å². The molecule has 3 aliphatic rings. The van der Waals surface area contributed by atoms with Crippen LogP contribution >= 0.6 is 0 Å². The van der Waals surface area contributed by atoms with Gasteiger partial charge in [0.1, 0.15) is 5.82 Å². The molecule has 1 amide bonds. The number of hydrogen-bond donors (Lipinski definition) is 0. The minimum Gasteiger partial charge on any atom is -0.463 e. The molecule has 6 rings (SSSR count). The van der Waals surface area contributed by atoms with E-state index in [9.17, 15) is 10.1 Å². The standard InChI is InChI=1S/C35H43N7O2/c1-5-32(43)42-20-19-41(21-27(42)15-17-36)34-28-16-18-40(31-14-7-11-25-10-6-9-24(2)33(25)31)22-29(28)37-35(38-34)44-23-26-12-8-13-30(26)39(3)4/h5-7,9-11,14,26-27,30H,1,8,12-13,15-16,18-23H2,2-4H3. The summed E-state index contributed by atoms with van der Waals surface area (Å²) in [5, 5.41) is 12.1. The number of nitrogens with zero attached hydrogens (tertiary/aromatic N) is 7. The molecule has 2 aliphatic heterocycles. The summed E-state index contributed by atoms with van der Waals surface area (Å²) in [6, 6.07) is 15.9. The molecule has 0 radical (unpaired) electrons. The molecule has 230 valence electrons. The average Bonchev–Trinajstić information content (AvgIpc) is 3.52. The molecule has 3 unspecified atom stereocenters. The molecule has 44 heavy (non-hydrogen) atoms. The summed E-state index contributed by atoms with van der Waals surface area (Å²) in [5.74, 6) is 1.19. The third-order valence-electron chi connectivity index (χ3n) is 9.73. The summed E-state index contributed by atoms with van der Waals surface area (Å²) >= 11 is 0. The van der Waals surface area contributed by atoms with Crippen LogP contribution in [0.1, 0.15) is 42.5 Å². The van der Waals surface area contributed by atoms with E-state index in [0.717, 1.165) is 36.5 Å². The Kier molecular flexibility index (Phi) is 8.72. The van der Waals surface area contributed by atoms with Gasteiger partial charge in [0.25, 0.3) is 0 Å². The summed E-state index contributed by atoms with van der Waals surface area (Å²) in [4.78, 5) is 31.4. The van der Waals surface area contributed by atoms with Crippen LogP contribution in [0.5, 0.6) is 6.01 Å². The van der Waals surface area contributed by atoms with Gasteiger partial charge in [0.15, 0.2) is 0 Å². The van der Waals surface area contributed by atoms with E-state index in [0.29, 0.717) is 50.8 Å². The first-order valence-corrected chi connectivity index (χ1v) is 15.8. The van der Waals surface area contributed by atoms with Crippen LogP contribution in [0.4, 0.5) is 11.5 Å². The van der Waals surface area contributed by atoms with Gasteiger partial charge in [0.2, 0.25) is 5.91 Å². The summed E-state index contributed by atoms with van der Waals surface area (Å²) < 4.78 is 6.43. The monoisotopic (exact) mass is 593 g/mol. The van der Waals surface area contributed by atoms with Gasteiger partial charge in [0, 0.05) is 54.8 Å². The van der Waals surface area contributed by atoms with Crippen LogP contribution in [-0.4, -0.2) is 84.6 Å². The van der Waals surface area contributed by atoms with E-state index >= 15 is 0 Å². The predicted molar refractivity (Wildman–Crippen MR) is 174 cm³/mol. The highest BCUT2D eigenvalue weighted by atomic mass is 16.5. The van der Waals surface area contributed by atoms with Gasteiger partial charge in [-0.15, -0.1) is 0 Å². The summed E-state index contributed by atoms with van der Waals surface area (Å²) in [6.07, 6.45) is 5.93. The molecule has 1 aliphatic carbocycles. The SMILES string of the molecule is C=CC(=O)N1CCN(c2nc(OCC3CCCC3N(C)C)nc3c2CCN(c2cccc4cccc(C)c24)C3)CC1CC#N. The Morgan fingerprint density at radius 3 is 2.73 bits per heavy atom. The van der Waals surface area contributed by atoms with Gasteiger partial charge >= 0.3 is 6.01 Å². The van der Waals surface area contributed by atoms with E-state index in [1.165, 1.54) is 40.9 Å². The third-order valence-corrected chi connectivity index (χ3v) is 9.73. The highest BCUT2D eigenvalue weighted by Gasteiger charge is 2.34. The lowest BCUT2D eigenvalue weighted by molar-refractivity contribution is -0.128. The van der Waals surface area contributed by atoms with Gasteiger partial charge < -0.3 is 24.3 Å². The zero-order valence-electron chi connectivity index (χ0n) is 26.2. The quantitative estimate of drug-likeness (QED) is 0.347. The maximum atomic E-state index is 12.6. The van der Waals surface area contributed by atoms with E-state index in [2.05, 4.69) is 84.8 Å². The first kappa shape index (κ1) is 29.9. The van der Waals surface area contributed by atoms with Crippen molar-refractivity contribution in [3.63, 3.8) is 0 Å². The van der Waals surface area contributed by atoms with Crippen molar-refractivity contribution < 1.29 is 9.53 Å². The Morgan fingerprint density at radius 1 is 1.14 bits per heavy atom. The minimum atomic E-state index is -0.229. The Labute approximate surface area is 260 Å². The number of amides is 1. The number of benzene rings is 2. The van der Waals surface area contributed by atoms with Crippen LogP contribution < -0.4 is 14.5 Å². The number of aryl methyl sites for hydroxylation is 1. The van der Waals surface area contributed by atoms with Crippen molar-refractivity contribution in [1.82, 2.24) is 19.8 Å². The molecule has 3 heterocycles. The number of ether oxygens (including phenoxy) is 1. The van der Waals surface area contributed by atoms with Crippen molar-refractivity contribution in [3.8, 4) is 12.1 Å². The molecule has 1 saturated heterocycles. The van der Waals surface area contributed by atoms with Crippen molar-refractivity contribution in [1.29, 1.82) is 5.26 Å². The number of hydrogen-bond acceptors (Lipinski definition) is 8. The molecule has 0 bridgehead atoms. The molecule has 2 fully saturated rings. The summed E-state index contributed by atoms with van der Waals surface area (Å²) in [5.41, 5.74) is 4.61. The fraction of sp³-hybridized carbons (Fsp3) is 0.486. The molecular formula is C35H43N7O2. The highest BCUT2D eigenvalue weighted by Crippen LogP contribution is 2.36. The number of nitriles is 1. The van der Waals surface area contributed by atoms with Gasteiger partial charge in [-0.25, -0.2) is 0 Å². The molecule has 2 aromatic carbocycles. The number of rotatable bonds is 8. The molecule has 9 heteroatoms. The van der Waals surface area contributed by atoms with Gasteiger partial charge in [0.05, 0.1) is 37.4 Å². The lowest BCUT2D eigenvalue weighted by Crippen LogP contribution is -2.55. The molecular weight excluding hydrogens is 550 g/mol. The number of carbonyl (C=O) groups is 1. The van der Waals surface area contributed by atoms with Crippen LogP contribution in [0.25, 0.3) is 10.8 Å². The molecule has 3 aromatic rings. The maximum Gasteiger partial charge on any atom is 0.318 e. The zero-order valence-corrected chi connectivity index (χ0v) is 26.2. The molecule has 1 saturated carbocycles. The van der Waals surface area contributed by atoms with Crippen LogP contribution in [0, 0.1) is 24.2 Å². The van der Waals surface area contributed by atoms with Gasteiger partial charge in [-0.1, -0.05) is 43.3 Å². The second-order valence-corrected chi connectivity index (χ2v) is 12.6. The third kappa shape index (κ3) is 5.83. The smallest absolute Gasteiger partial charge is 0.318 e. The normalized spacial score (nSPS) is 21.8. The number of carbonyl (C=O) groups excluding carboxylic acids is 1. The van der Waals surface area contributed by atoms with Crippen molar-refractivity contribution in [2.45, 2.75) is 57.7 Å². The van der Waals surface area contributed by atoms with E-state index < -0.39 is 0 Å². The fourth-order valence-corrected chi connectivity index (χ4v) is 7.50. The first-order chi connectivity index (χ1) is 21.4. The van der Waals surface area contributed by atoms with Crippen LogP contribution in [0.15, 0.2) is 49.1 Å². The van der Waals surface area contributed by atoms with Gasteiger partial charge in [-0.3, -0.25) is 4.79 Å². The minimum absolute atomic E-state index is 0.133. The van der Waals surface area contributed by atoms with Crippen molar-refractivity contribution in [2.75, 3.05) is 56.7 Å². The largest absolute Gasteiger partial charge is 0.463 e. The second kappa shape index (κ2) is 12.8. The van der Waals surface area contributed by atoms with E-state index in [-0.39, 0.29) is 18.4 Å². The molecule has 0 spiro atoms. The number of anilines is 2. The first-order valence-electron chi connectivity index (χ1n) is 15.8. The maximum absolute atomic E-state index is 12.6. The molecule has 9 nitrogen and oxygen atoms in total. The van der Waals surface area contributed by atoms with Crippen molar-refractivity contribution in [3.05, 3.63) is 65.9 Å². The topological polar surface area (TPSA) is 88.8 Å². The van der Waals surface area contributed by atoms with Crippen LogP contribution in [0.3, 0.4) is 0 Å². The Balaban J connectivity index is 1.34. The molecule has 0 N–H and O–H groups in total. The van der Waals surface area contributed by atoms with Crippen molar-refractivity contribution in [2.24, 2.45) is 5.92 Å². The Morgan fingerprint density at radius 2 is 1.95 bits per heavy atom. The van der Waals surface area contributed by atoms with E-state index in [1.54, 1.807) is 4.90 Å². The summed E-state index contributed by atoms with van der Waals surface area (Å²) in [7, 11) is 4.29. The highest BCUT2D eigenvalue weighted by molar-refractivity contribution is 5.97. The average molecular weight is 594 g/mol. The Hall–Kier alpha value is -4.16.